The molecule has 1 amide bonds. The molecule has 2 aliphatic rings. The van der Waals surface area contributed by atoms with Crippen molar-refractivity contribution in [1.82, 2.24) is 0 Å². The Balaban J connectivity index is 0. The number of hydrogen-bond acceptors (Lipinski definition) is 1. The average Bonchev–Trinajstić information content (AvgIpc) is 2.86. The third kappa shape index (κ3) is 7.30. The zero-order valence-electron chi connectivity index (χ0n) is 18.2. The summed E-state index contributed by atoms with van der Waals surface area (Å²) < 4.78 is 0. The molecular formula is C22H38Cl2NOSiTi. The van der Waals surface area contributed by atoms with Crippen molar-refractivity contribution < 1.29 is 51.3 Å². The molecular weight excluding hydrogens is 441 g/mol. The largest absolute Gasteiger partial charge is 3.00 e. The molecule has 28 heavy (non-hydrogen) atoms. The number of carbonyl (C=O) groups excluding carboxylic acids is 1. The Morgan fingerprint density at radius 3 is 1.93 bits per heavy atom. The molecule has 1 radical (unpaired) electrons. The molecule has 0 bridgehead atoms. The van der Waals surface area contributed by atoms with Gasteiger partial charge in [-0.25, -0.2) is 0 Å². The minimum atomic E-state index is -1.04. The molecule has 2 unspecified atom stereocenters. The van der Waals surface area contributed by atoms with Crippen LogP contribution in [0.4, 0.5) is 0 Å². The van der Waals surface area contributed by atoms with Crippen LogP contribution in [0.3, 0.4) is 0 Å². The SMILES string of the molecule is CC1=C(C)CC(C2(C([NH-])=O)CCCCCCCCCCC2[SiH](C)C)=C1.[Cl-].[Cl-].[Ti+3]. The Hall–Kier alpha value is 0.461. The van der Waals surface area contributed by atoms with E-state index in [1.165, 1.54) is 61.7 Å². The van der Waals surface area contributed by atoms with Gasteiger partial charge < -0.3 is 35.3 Å². The summed E-state index contributed by atoms with van der Waals surface area (Å²) in [5.74, 6) is -0.287. The van der Waals surface area contributed by atoms with Gasteiger partial charge in [-0.2, -0.15) is 0 Å². The van der Waals surface area contributed by atoms with Crippen LogP contribution in [0.15, 0.2) is 22.8 Å². The number of carbonyl (C=O) groups is 1. The van der Waals surface area contributed by atoms with Gasteiger partial charge in [-0.15, -0.1) is 0 Å². The maximum Gasteiger partial charge on any atom is 3.00 e. The Kier molecular flexibility index (Phi) is 15.8. The van der Waals surface area contributed by atoms with Crippen molar-refractivity contribution >= 4 is 14.7 Å². The third-order valence-electron chi connectivity index (χ3n) is 6.77. The second kappa shape index (κ2) is 14.5. The summed E-state index contributed by atoms with van der Waals surface area (Å²) in [6.45, 7) is 9.16. The van der Waals surface area contributed by atoms with Crippen LogP contribution in [0.5, 0.6) is 0 Å². The van der Waals surface area contributed by atoms with Gasteiger partial charge in [0.25, 0.3) is 0 Å². The zero-order valence-corrected chi connectivity index (χ0v) is 22.4. The van der Waals surface area contributed by atoms with E-state index in [0.717, 1.165) is 25.7 Å². The van der Waals surface area contributed by atoms with Crippen LogP contribution >= 0.6 is 0 Å². The average molecular weight is 479 g/mol. The molecule has 0 heterocycles. The van der Waals surface area contributed by atoms with Crippen molar-refractivity contribution in [2.45, 2.75) is 103 Å². The molecule has 0 saturated heterocycles. The molecule has 2 atom stereocenters. The van der Waals surface area contributed by atoms with Crippen LogP contribution in [0.1, 0.15) is 84.5 Å². The third-order valence-corrected chi connectivity index (χ3v) is 9.28. The first-order chi connectivity index (χ1) is 11.9. The van der Waals surface area contributed by atoms with Gasteiger partial charge >= 0.3 is 21.7 Å². The van der Waals surface area contributed by atoms with E-state index in [1.807, 2.05) is 0 Å². The topological polar surface area (TPSA) is 40.9 Å². The van der Waals surface area contributed by atoms with Gasteiger partial charge in [-0.05, 0) is 32.2 Å². The molecule has 2 rings (SSSR count). The quantitative estimate of drug-likeness (QED) is 0.557. The summed E-state index contributed by atoms with van der Waals surface area (Å²) in [5, 5.41) is 0. The molecule has 2 nitrogen and oxygen atoms in total. The normalized spacial score (nSPS) is 26.8. The molecule has 0 aromatic rings. The fourth-order valence-electron chi connectivity index (χ4n) is 5.14. The number of amides is 1. The van der Waals surface area contributed by atoms with Crippen molar-refractivity contribution in [2.75, 3.05) is 0 Å². The number of nitrogens with one attached hydrogen (secondary N) is 1. The molecule has 1 fully saturated rings. The van der Waals surface area contributed by atoms with Crippen molar-refractivity contribution in [3.63, 3.8) is 0 Å². The standard InChI is InChI=1S/C22H39NOSi.2ClH.Ti/c1-17-15-19(16-18(17)2)22(21(23)24)14-12-10-8-6-5-7-9-11-13-20(22)25(3)4;;;/h15,20,25H,5-14,16H2,1-4H3,(H2,23,24);2*1H;/q;;;+3/p-3. The molecule has 0 aromatic carbocycles. The molecule has 6 heteroatoms. The summed E-state index contributed by atoms with van der Waals surface area (Å²) in [6, 6.07) is 0. The van der Waals surface area contributed by atoms with Gasteiger partial charge in [0.05, 0.1) is 5.91 Å². The number of halogens is 2. The maximum absolute atomic E-state index is 12.9. The Morgan fingerprint density at radius 2 is 1.50 bits per heavy atom. The smallest absolute Gasteiger partial charge is 1.00 e. The van der Waals surface area contributed by atoms with E-state index in [2.05, 4.69) is 33.0 Å². The molecule has 0 aliphatic heterocycles. The summed E-state index contributed by atoms with van der Waals surface area (Å²) in [6.07, 6.45) is 15.5. The van der Waals surface area contributed by atoms with E-state index < -0.39 is 14.2 Å². The maximum atomic E-state index is 12.9. The monoisotopic (exact) mass is 478 g/mol. The molecule has 1 N–H and O–H groups in total. The minimum absolute atomic E-state index is 0. The van der Waals surface area contributed by atoms with E-state index >= 15 is 0 Å². The van der Waals surface area contributed by atoms with E-state index in [9.17, 15) is 4.79 Å². The summed E-state index contributed by atoms with van der Waals surface area (Å²) in [4.78, 5) is 12.9. The second-order valence-electron chi connectivity index (χ2n) is 8.83. The van der Waals surface area contributed by atoms with Gasteiger partial charge in [0.15, 0.2) is 0 Å². The number of allylic oxidation sites excluding steroid dienone is 3. The van der Waals surface area contributed by atoms with E-state index in [0.29, 0.717) is 5.54 Å². The van der Waals surface area contributed by atoms with Crippen LogP contribution < -0.4 is 24.8 Å². The fourth-order valence-corrected chi connectivity index (χ4v) is 7.71. The van der Waals surface area contributed by atoms with Crippen molar-refractivity contribution in [3.8, 4) is 0 Å². The first kappa shape index (κ1) is 30.7. The summed E-state index contributed by atoms with van der Waals surface area (Å²) in [5.41, 5.74) is 12.3. The Morgan fingerprint density at radius 1 is 1.00 bits per heavy atom. The first-order valence-corrected chi connectivity index (χ1v) is 13.5. The molecule has 0 spiro atoms. The van der Waals surface area contributed by atoms with Gasteiger partial charge in [-0.1, -0.05) is 93.7 Å². The fraction of sp³-hybridized carbons (Fsp3) is 0.773. The molecule has 0 aromatic heterocycles. The van der Waals surface area contributed by atoms with Crippen LogP contribution in [-0.2, 0) is 26.5 Å². The summed E-state index contributed by atoms with van der Waals surface area (Å²) in [7, 11) is -1.04. The van der Waals surface area contributed by atoms with Crippen LogP contribution in [0, 0.1) is 5.41 Å². The molecule has 1 saturated carbocycles. The van der Waals surface area contributed by atoms with Crippen molar-refractivity contribution in [1.29, 1.82) is 0 Å². The van der Waals surface area contributed by atoms with E-state index in [1.54, 1.807) is 0 Å². The second-order valence-corrected chi connectivity index (χ2v) is 12.1. The number of hydrogen-bond donors (Lipinski definition) is 0. The Labute approximate surface area is 202 Å². The van der Waals surface area contributed by atoms with E-state index in [4.69, 9.17) is 5.73 Å². The minimum Gasteiger partial charge on any atom is -1.00 e. The molecule has 2 aliphatic carbocycles. The predicted molar refractivity (Wildman–Crippen MR) is 112 cm³/mol. The van der Waals surface area contributed by atoms with Crippen LogP contribution in [0.25, 0.3) is 5.73 Å². The van der Waals surface area contributed by atoms with Gasteiger partial charge in [-0.3, -0.25) is 0 Å². The number of rotatable bonds is 3. The molecule has 159 valence electrons. The van der Waals surface area contributed by atoms with E-state index in [-0.39, 0.29) is 52.4 Å². The van der Waals surface area contributed by atoms with Crippen molar-refractivity contribution in [3.05, 3.63) is 28.5 Å². The van der Waals surface area contributed by atoms with Gasteiger partial charge in [0, 0.05) is 14.2 Å². The van der Waals surface area contributed by atoms with Crippen LogP contribution in [0.2, 0.25) is 18.6 Å². The zero-order chi connectivity index (χ0) is 18.4. The van der Waals surface area contributed by atoms with Crippen LogP contribution in [-0.4, -0.2) is 14.7 Å². The first-order valence-electron chi connectivity index (χ1n) is 10.5. The van der Waals surface area contributed by atoms with Gasteiger partial charge in [0.1, 0.15) is 0 Å². The van der Waals surface area contributed by atoms with Gasteiger partial charge in [0.2, 0.25) is 0 Å². The Bertz CT molecular complexity index is 551. The summed E-state index contributed by atoms with van der Waals surface area (Å²) >= 11 is 0. The van der Waals surface area contributed by atoms with Crippen molar-refractivity contribution in [2.24, 2.45) is 5.41 Å². The predicted octanol–water partition coefficient (Wildman–Crippen LogP) is 0.995.